The molecule has 0 amide bonds. The van der Waals surface area contributed by atoms with Gasteiger partial charge in [0.2, 0.25) is 0 Å². The number of hydrogen-bond acceptors (Lipinski definition) is 1. The van der Waals surface area contributed by atoms with E-state index in [0.717, 1.165) is 0 Å². The van der Waals surface area contributed by atoms with Crippen molar-refractivity contribution in [2.75, 3.05) is 0 Å². The van der Waals surface area contributed by atoms with E-state index in [2.05, 4.69) is 0 Å². The second-order valence-corrected chi connectivity index (χ2v) is 10.5. The van der Waals surface area contributed by atoms with Crippen LogP contribution in [0.2, 0.25) is 0 Å². The molecule has 0 spiro atoms. The summed E-state index contributed by atoms with van der Waals surface area (Å²) in [6.45, 7) is 0. The van der Waals surface area contributed by atoms with Gasteiger partial charge in [0, 0.05) is 16.2 Å². The van der Waals surface area contributed by atoms with E-state index in [-0.39, 0.29) is 0 Å². The highest BCUT2D eigenvalue weighted by Crippen LogP contribution is 2.47. The van der Waals surface area contributed by atoms with E-state index >= 15 is 0 Å². The lowest BCUT2D eigenvalue weighted by Crippen LogP contribution is -1.91. The van der Waals surface area contributed by atoms with Crippen LogP contribution < -0.4 is 0 Å². The number of furan rings is 1. The Hall–Kier alpha value is -6.44. The van der Waals surface area contributed by atoms with Crippen molar-refractivity contribution in [3.8, 4) is 44.5 Å². The predicted molar refractivity (Wildman–Crippen MR) is 208 cm³/mol. The molecule has 0 radical (unpaired) electrons. The van der Waals surface area contributed by atoms with Gasteiger partial charge in [0.05, 0.1) is 41.1 Å². The normalized spacial score (nSPS) is 20.2. The average Bonchev–Trinajstić information content (AvgIpc) is 4.04. The van der Waals surface area contributed by atoms with Gasteiger partial charge in [-0.1, -0.05) is 169 Å². The van der Waals surface area contributed by atoms with Crippen molar-refractivity contribution in [1.29, 1.82) is 0 Å². The van der Waals surface area contributed by atoms with Gasteiger partial charge in [0.15, 0.2) is 0 Å². The highest BCUT2D eigenvalue weighted by atomic mass is 16.3. The van der Waals surface area contributed by atoms with E-state index in [4.69, 9.17) is 31.8 Å². The van der Waals surface area contributed by atoms with Crippen LogP contribution >= 0.6 is 0 Å². The standard InChI is InChI=1S/C48H30O/c1-2-11-31(12-3-1)32-21-23-33(24-22-32)34-25-27-36(28-26-34)45-38-15-6-8-17-40(38)46(41-18-9-7-16-39(41)45)42-19-10-20-44-47(42)43-30-29-35-13-4-5-14-37(35)48(43)49-44/h1-30H/i1D,2D,3D,4D,5D,6D,7D,8D,9D,10D,11D,12D,13D,14D,15D,16D,17D,18D,19D,20D,21D,22D,23D,24D,25D,26D,27D,28D,29D,30D. The molecule has 0 N–H and O–H groups in total. The zero-order valence-corrected chi connectivity index (χ0v) is 24.4. The van der Waals surface area contributed by atoms with Gasteiger partial charge in [0.25, 0.3) is 0 Å². The Kier molecular flexibility index (Phi) is 2.50. The Morgan fingerprint density at radius 2 is 0.816 bits per heavy atom. The van der Waals surface area contributed by atoms with Crippen LogP contribution in [0.15, 0.2) is 186 Å². The molecule has 0 aliphatic carbocycles. The number of benzene rings is 9. The molecule has 10 rings (SSSR count). The summed E-state index contributed by atoms with van der Waals surface area (Å²) < 4.78 is 275. The fraction of sp³-hybridized carbons (Fsp3) is 0. The first kappa shape index (κ1) is 11.1. The zero-order chi connectivity index (χ0) is 58.4. The van der Waals surface area contributed by atoms with Crippen molar-refractivity contribution in [2.45, 2.75) is 0 Å². The monoisotopic (exact) mass is 652 g/mol. The van der Waals surface area contributed by atoms with Gasteiger partial charge in [-0.15, -0.1) is 0 Å². The smallest absolute Gasteiger partial charge is 0.143 e. The molecule has 0 atom stereocenters. The van der Waals surface area contributed by atoms with Crippen LogP contribution in [0.5, 0.6) is 0 Å². The second-order valence-electron chi connectivity index (χ2n) is 10.5. The van der Waals surface area contributed by atoms with Crippen LogP contribution in [-0.2, 0) is 0 Å². The minimum absolute atomic E-state index is 0.472. The lowest BCUT2D eigenvalue weighted by atomic mass is 9.84. The fourth-order valence-corrected chi connectivity index (χ4v) is 5.78. The molecule has 0 saturated carbocycles. The molecule has 0 bridgehead atoms. The third kappa shape index (κ3) is 4.40. The summed E-state index contributed by atoms with van der Waals surface area (Å²) in [4.78, 5) is 0. The molecule has 0 unspecified atom stereocenters. The van der Waals surface area contributed by atoms with E-state index in [1.54, 1.807) is 0 Å². The minimum atomic E-state index is -1.15. The number of fused-ring (bicyclic) bond motifs is 7. The van der Waals surface area contributed by atoms with E-state index in [1.807, 2.05) is 0 Å². The third-order valence-electron chi connectivity index (χ3n) is 7.87. The van der Waals surface area contributed by atoms with E-state index in [0.29, 0.717) is 0 Å². The topological polar surface area (TPSA) is 13.1 Å². The summed E-state index contributed by atoms with van der Waals surface area (Å²) in [7, 11) is 0. The summed E-state index contributed by atoms with van der Waals surface area (Å²) in [5.41, 5.74) is -7.62. The molecule has 1 heteroatoms. The predicted octanol–water partition coefficient (Wildman–Crippen LogP) is 13.7. The van der Waals surface area contributed by atoms with Crippen molar-refractivity contribution in [1.82, 2.24) is 0 Å². The van der Waals surface area contributed by atoms with Gasteiger partial charge < -0.3 is 4.42 Å². The third-order valence-corrected chi connectivity index (χ3v) is 7.87. The summed E-state index contributed by atoms with van der Waals surface area (Å²) in [5.74, 6) is 0. The molecular weight excluding hydrogens is 593 g/mol. The lowest BCUT2D eigenvalue weighted by Gasteiger charge is -2.18. The lowest BCUT2D eigenvalue weighted by molar-refractivity contribution is 0.673. The van der Waals surface area contributed by atoms with Crippen LogP contribution in [0.3, 0.4) is 0 Å². The van der Waals surface area contributed by atoms with Crippen molar-refractivity contribution >= 4 is 54.3 Å². The largest absolute Gasteiger partial charge is 0.455 e. The summed E-state index contributed by atoms with van der Waals surface area (Å²) in [6.07, 6.45) is 0. The maximum atomic E-state index is 9.57. The Bertz CT molecular complexity index is 4430. The van der Waals surface area contributed by atoms with Crippen molar-refractivity contribution < 1.29 is 45.5 Å². The first-order chi connectivity index (χ1) is 36.8. The van der Waals surface area contributed by atoms with Crippen LogP contribution in [0, 0.1) is 0 Å². The second kappa shape index (κ2) is 11.1. The maximum Gasteiger partial charge on any atom is 0.143 e. The van der Waals surface area contributed by atoms with Crippen molar-refractivity contribution in [3.05, 3.63) is 181 Å². The Morgan fingerprint density at radius 3 is 1.43 bits per heavy atom. The van der Waals surface area contributed by atoms with Crippen molar-refractivity contribution in [3.63, 3.8) is 0 Å². The van der Waals surface area contributed by atoms with E-state index < -0.39 is 280 Å². The van der Waals surface area contributed by atoms with Crippen LogP contribution in [0.25, 0.3) is 98.8 Å². The van der Waals surface area contributed by atoms with Crippen LogP contribution in [0.1, 0.15) is 41.1 Å². The molecule has 0 fully saturated rings. The first-order valence-electron chi connectivity index (χ1n) is 29.4. The fourth-order valence-electron chi connectivity index (χ4n) is 5.78. The molecule has 49 heavy (non-hydrogen) atoms. The molecule has 0 aliphatic rings. The SMILES string of the molecule is [2H]c1c([2H])c([2H])c(-c2c([2H])c([2H])c(-c3c([2H])c([2H])c(-c4c5c([2H])c([2H])c([2H])c([2H])c5c(-c5c([2H])c([2H])c([2H])c6oc7c8c([2H])c([2H])c([2H])c([2H])c8c([2H])c([2H])c7c56)c5c([2H])c([2H])c([2H])c([2H])c45)c([2H])c3[2H])c([2H])c2[2H])c([2H])c1[2H]. The number of rotatable bonds is 4. The van der Waals surface area contributed by atoms with Crippen molar-refractivity contribution in [2.24, 2.45) is 0 Å². The molecular formula is C48H30O. The molecule has 228 valence electrons. The molecule has 9 aromatic carbocycles. The van der Waals surface area contributed by atoms with Crippen LogP contribution in [-0.4, -0.2) is 0 Å². The first-order valence-corrected chi connectivity index (χ1v) is 14.4. The van der Waals surface area contributed by atoms with Gasteiger partial charge in [-0.25, -0.2) is 0 Å². The van der Waals surface area contributed by atoms with E-state index in [9.17, 15) is 13.7 Å². The quantitative estimate of drug-likeness (QED) is 0.172. The highest BCUT2D eigenvalue weighted by molar-refractivity contribution is 6.27. The minimum Gasteiger partial charge on any atom is -0.455 e. The van der Waals surface area contributed by atoms with Gasteiger partial charge in [-0.2, -0.15) is 0 Å². The summed E-state index contributed by atoms with van der Waals surface area (Å²) in [5, 5.41) is -5.12. The van der Waals surface area contributed by atoms with Gasteiger partial charge in [0.1, 0.15) is 11.2 Å². The number of hydrogen-bond donors (Lipinski definition) is 0. The van der Waals surface area contributed by atoms with E-state index in [1.165, 1.54) is 0 Å². The molecule has 1 nitrogen and oxygen atoms in total. The molecule has 1 heterocycles. The Balaban J connectivity index is 1.43. The zero-order valence-electron chi connectivity index (χ0n) is 54.4. The van der Waals surface area contributed by atoms with Crippen LogP contribution in [0.4, 0.5) is 0 Å². The highest BCUT2D eigenvalue weighted by Gasteiger charge is 2.20. The van der Waals surface area contributed by atoms with Gasteiger partial charge in [-0.3, -0.25) is 0 Å². The summed E-state index contributed by atoms with van der Waals surface area (Å²) in [6, 6.07) is -28.8. The molecule has 1 aromatic heterocycles. The Labute approximate surface area is 326 Å². The summed E-state index contributed by atoms with van der Waals surface area (Å²) >= 11 is 0. The van der Waals surface area contributed by atoms with Gasteiger partial charge >= 0.3 is 0 Å². The molecule has 0 aliphatic heterocycles. The van der Waals surface area contributed by atoms with Gasteiger partial charge in [-0.05, 0) is 83.5 Å². The molecule has 10 aromatic rings. The maximum absolute atomic E-state index is 9.57. The molecule has 0 saturated heterocycles. The Morgan fingerprint density at radius 1 is 0.327 bits per heavy atom. The average molecular weight is 653 g/mol.